The standard InChI is InChI=1S/C20H43NO4/c1-2-3-4-5-6-7-8-9-10-11-12-13-14-21(15-19(24)17-22)16-20(25)18-23/h19-20,22-25H,2-18H2,1H3. The molecule has 0 fully saturated rings. The number of unbranched alkanes of at least 4 members (excludes halogenated alkanes) is 11. The third-order valence-electron chi connectivity index (χ3n) is 4.69. The maximum atomic E-state index is 9.57. The van der Waals surface area contributed by atoms with E-state index in [1.54, 1.807) is 0 Å². The third kappa shape index (κ3) is 17.0. The van der Waals surface area contributed by atoms with Crippen molar-refractivity contribution in [3.8, 4) is 0 Å². The molecule has 0 amide bonds. The van der Waals surface area contributed by atoms with E-state index in [0.29, 0.717) is 13.1 Å². The van der Waals surface area contributed by atoms with E-state index >= 15 is 0 Å². The van der Waals surface area contributed by atoms with Gasteiger partial charge in [-0.2, -0.15) is 0 Å². The zero-order valence-corrected chi connectivity index (χ0v) is 16.4. The quantitative estimate of drug-likeness (QED) is 0.266. The van der Waals surface area contributed by atoms with Crippen LogP contribution in [0.15, 0.2) is 0 Å². The molecule has 0 saturated heterocycles. The van der Waals surface area contributed by atoms with Crippen molar-refractivity contribution in [2.45, 2.75) is 96.2 Å². The van der Waals surface area contributed by atoms with Gasteiger partial charge in [0.25, 0.3) is 0 Å². The summed E-state index contributed by atoms with van der Waals surface area (Å²) in [6.07, 6.45) is 14.0. The number of rotatable bonds is 19. The molecule has 0 spiro atoms. The second-order valence-electron chi connectivity index (χ2n) is 7.32. The van der Waals surface area contributed by atoms with E-state index in [-0.39, 0.29) is 13.2 Å². The molecule has 0 aromatic carbocycles. The summed E-state index contributed by atoms with van der Waals surface area (Å²) in [7, 11) is 0. The molecule has 0 aromatic heterocycles. The lowest BCUT2D eigenvalue weighted by Crippen LogP contribution is -2.40. The van der Waals surface area contributed by atoms with Crippen LogP contribution in [-0.2, 0) is 0 Å². The van der Waals surface area contributed by atoms with Gasteiger partial charge in [-0.3, -0.25) is 4.90 Å². The minimum atomic E-state index is -0.789. The summed E-state index contributed by atoms with van der Waals surface area (Å²) in [5, 5.41) is 37.1. The first-order chi connectivity index (χ1) is 12.1. The monoisotopic (exact) mass is 361 g/mol. The highest BCUT2D eigenvalue weighted by molar-refractivity contribution is 4.68. The van der Waals surface area contributed by atoms with Crippen molar-refractivity contribution in [1.82, 2.24) is 4.90 Å². The lowest BCUT2D eigenvalue weighted by molar-refractivity contribution is 0.0228. The number of aliphatic hydroxyl groups excluding tert-OH is 4. The molecule has 152 valence electrons. The molecule has 5 nitrogen and oxygen atoms in total. The number of hydrogen-bond acceptors (Lipinski definition) is 5. The number of nitrogens with zero attached hydrogens (tertiary/aromatic N) is 1. The maximum Gasteiger partial charge on any atom is 0.0897 e. The van der Waals surface area contributed by atoms with Gasteiger partial charge in [0.15, 0.2) is 0 Å². The average molecular weight is 362 g/mol. The van der Waals surface area contributed by atoms with Crippen LogP contribution in [0.5, 0.6) is 0 Å². The third-order valence-corrected chi connectivity index (χ3v) is 4.69. The fourth-order valence-corrected chi connectivity index (χ4v) is 3.15. The van der Waals surface area contributed by atoms with Gasteiger partial charge in [0.1, 0.15) is 0 Å². The maximum absolute atomic E-state index is 9.57. The van der Waals surface area contributed by atoms with Crippen LogP contribution in [0.1, 0.15) is 84.0 Å². The van der Waals surface area contributed by atoms with Gasteiger partial charge in [-0.25, -0.2) is 0 Å². The normalized spacial score (nSPS) is 14.2. The summed E-state index contributed by atoms with van der Waals surface area (Å²) >= 11 is 0. The molecular weight excluding hydrogens is 318 g/mol. The van der Waals surface area contributed by atoms with Crippen LogP contribution in [0.3, 0.4) is 0 Å². The van der Waals surface area contributed by atoms with Crippen LogP contribution in [0, 0.1) is 0 Å². The van der Waals surface area contributed by atoms with Crippen molar-refractivity contribution < 1.29 is 20.4 Å². The zero-order chi connectivity index (χ0) is 18.8. The molecule has 0 radical (unpaired) electrons. The minimum Gasteiger partial charge on any atom is -0.394 e. The van der Waals surface area contributed by atoms with Gasteiger partial charge in [0.05, 0.1) is 25.4 Å². The second kappa shape index (κ2) is 18.6. The van der Waals surface area contributed by atoms with Gasteiger partial charge in [-0.15, -0.1) is 0 Å². The van der Waals surface area contributed by atoms with Crippen LogP contribution < -0.4 is 0 Å². The van der Waals surface area contributed by atoms with Crippen molar-refractivity contribution in [2.24, 2.45) is 0 Å². The predicted molar refractivity (Wildman–Crippen MR) is 104 cm³/mol. The zero-order valence-electron chi connectivity index (χ0n) is 16.4. The smallest absolute Gasteiger partial charge is 0.0897 e. The fraction of sp³-hybridized carbons (Fsp3) is 1.00. The molecule has 5 heteroatoms. The Morgan fingerprint density at radius 1 is 0.600 bits per heavy atom. The molecule has 0 saturated carbocycles. The van der Waals surface area contributed by atoms with E-state index in [1.807, 2.05) is 4.90 Å². The van der Waals surface area contributed by atoms with E-state index in [4.69, 9.17) is 10.2 Å². The van der Waals surface area contributed by atoms with Crippen molar-refractivity contribution in [1.29, 1.82) is 0 Å². The first-order valence-corrected chi connectivity index (χ1v) is 10.4. The van der Waals surface area contributed by atoms with E-state index < -0.39 is 12.2 Å². The fourth-order valence-electron chi connectivity index (χ4n) is 3.15. The van der Waals surface area contributed by atoms with Crippen LogP contribution >= 0.6 is 0 Å². The van der Waals surface area contributed by atoms with Gasteiger partial charge in [0.2, 0.25) is 0 Å². The summed E-state index contributed by atoms with van der Waals surface area (Å²) in [6, 6.07) is 0. The summed E-state index contributed by atoms with van der Waals surface area (Å²) in [5.41, 5.74) is 0. The molecule has 0 aliphatic carbocycles. The Bertz CT molecular complexity index is 254. The molecule has 4 N–H and O–H groups in total. The summed E-state index contributed by atoms with van der Waals surface area (Å²) in [4.78, 5) is 1.93. The molecule has 0 aromatic rings. The highest BCUT2D eigenvalue weighted by atomic mass is 16.3. The largest absolute Gasteiger partial charge is 0.394 e. The van der Waals surface area contributed by atoms with Crippen molar-refractivity contribution >= 4 is 0 Å². The highest BCUT2D eigenvalue weighted by Gasteiger charge is 2.14. The molecule has 2 atom stereocenters. The lowest BCUT2D eigenvalue weighted by Gasteiger charge is -2.26. The summed E-state index contributed by atoms with van der Waals surface area (Å²) in [5.74, 6) is 0. The first kappa shape index (κ1) is 24.8. The summed E-state index contributed by atoms with van der Waals surface area (Å²) < 4.78 is 0. The predicted octanol–water partition coefficient (Wildman–Crippen LogP) is 2.70. The molecule has 0 heterocycles. The number of aliphatic hydroxyl groups is 4. The average Bonchev–Trinajstić information content (AvgIpc) is 2.62. The molecule has 2 unspecified atom stereocenters. The van der Waals surface area contributed by atoms with Crippen molar-refractivity contribution in [2.75, 3.05) is 32.8 Å². The Labute approximate surface area is 155 Å². The van der Waals surface area contributed by atoms with Crippen LogP contribution in [0.2, 0.25) is 0 Å². The molecule has 0 aliphatic rings. The van der Waals surface area contributed by atoms with Crippen LogP contribution in [-0.4, -0.2) is 70.4 Å². The van der Waals surface area contributed by atoms with Crippen molar-refractivity contribution in [3.63, 3.8) is 0 Å². The molecule has 0 bridgehead atoms. The Kier molecular flexibility index (Phi) is 18.4. The van der Waals surface area contributed by atoms with E-state index in [9.17, 15) is 10.2 Å². The Morgan fingerprint density at radius 2 is 0.960 bits per heavy atom. The topological polar surface area (TPSA) is 84.2 Å². The summed E-state index contributed by atoms with van der Waals surface area (Å²) in [6.45, 7) is 3.17. The minimum absolute atomic E-state index is 0.274. The van der Waals surface area contributed by atoms with Gasteiger partial charge in [0, 0.05) is 13.1 Å². The number of hydrogen-bond donors (Lipinski definition) is 4. The SMILES string of the molecule is CCCCCCCCCCCCCCN(CC(O)CO)CC(O)CO. The van der Waals surface area contributed by atoms with E-state index in [0.717, 1.165) is 19.4 Å². The Hall–Kier alpha value is -0.200. The van der Waals surface area contributed by atoms with Gasteiger partial charge >= 0.3 is 0 Å². The van der Waals surface area contributed by atoms with Crippen LogP contribution in [0.4, 0.5) is 0 Å². The van der Waals surface area contributed by atoms with Crippen LogP contribution in [0.25, 0.3) is 0 Å². The van der Waals surface area contributed by atoms with Gasteiger partial charge in [-0.05, 0) is 13.0 Å². The molecule has 0 rings (SSSR count). The Morgan fingerprint density at radius 3 is 1.32 bits per heavy atom. The molecule has 0 aliphatic heterocycles. The van der Waals surface area contributed by atoms with Crippen molar-refractivity contribution in [3.05, 3.63) is 0 Å². The van der Waals surface area contributed by atoms with Gasteiger partial charge < -0.3 is 20.4 Å². The van der Waals surface area contributed by atoms with Gasteiger partial charge in [-0.1, -0.05) is 77.6 Å². The molecule has 25 heavy (non-hydrogen) atoms. The first-order valence-electron chi connectivity index (χ1n) is 10.4. The molecular formula is C20H43NO4. The Balaban J connectivity index is 3.57. The lowest BCUT2D eigenvalue weighted by atomic mass is 10.1. The van der Waals surface area contributed by atoms with E-state index in [2.05, 4.69) is 6.92 Å². The highest BCUT2D eigenvalue weighted by Crippen LogP contribution is 2.12. The van der Waals surface area contributed by atoms with E-state index in [1.165, 1.54) is 64.2 Å². The second-order valence-corrected chi connectivity index (χ2v) is 7.32.